The second-order valence-corrected chi connectivity index (χ2v) is 9.19. The Bertz CT molecular complexity index is 553. The highest BCUT2D eigenvalue weighted by atomic mass is 16.5. The highest BCUT2D eigenvalue weighted by Gasteiger charge is 2.28. The number of hydrogen-bond donors (Lipinski definition) is 0. The number of nitrogens with zero attached hydrogens (tertiary/aromatic N) is 1. The standard InChI is InChI=1S/C27H45NO/c1-4-5-6-7-8-9-10-11-12-13-14-16-19-23(2)24(3)26-22-29-27(28-26)25-20-17-15-18-21-25/h15,17-18,20-21,23-24,26H,4-14,16,19,22H2,1-3H3. The summed E-state index contributed by atoms with van der Waals surface area (Å²) in [7, 11) is 0. The van der Waals surface area contributed by atoms with E-state index in [1.165, 1.54) is 83.5 Å². The molecule has 29 heavy (non-hydrogen) atoms. The predicted molar refractivity (Wildman–Crippen MR) is 127 cm³/mol. The van der Waals surface area contributed by atoms with E-state index in [9.17, 15) is 0 Å². The molecule has 0 bridgehead atoms. The monoisotopic (exact) mass is 399 g/mol. The molecule has 1 aromatic rings. The highest BCUT2D eigenvalue weighted by Crippen LogP contribution is 2.27. The molecule has 3 unspecified atom stereocenters. The van der Waals surface area contributed by atoms with E-state index in [1.54, 1.807) is 0 Å². The summed E-state index contributed by atoms with van der Waals surface area (Å²) in [6.45, 7) is 7.80. The van der Waals surface area contributed by atoms with E-state index in [2.05, 4.69) is 32.9 Å². The van der Waals surface area contributed by atoms with Crippen molar-refractivity contribution in [2.24, 2.45) is 16.8 Å². The van der Waals surface area contributed by atoms with Gasteiger partial charge in [-0.2, -0.15) is 0 Å². The van der Waals surface area contributed by atoms with Gasteiger partial charge in [0.2, 0.25) is 5.90 Å². The van der Waals surface area contributed by atoms with Gasteiger partial charge in [0.25, 0.3) is 0 Å². The van der Waals surface area contributed by atoms with Gasteiger partial charge in [-0.3, -0.25) is 0 Å². The van der Waals surface area contributed by atoms with Crippen LogP contribution in [0.2, 0.25) is 0 Å². The molecule has 164 valence electrons. The van der Waals surface area contributed by atoms with Gasteiger partial charge in [0, 0.05) is 5.56 Å². The first kappa shape index (κ1) is 24.0. The van der Waals surface area contributed by atoms with Crippen LogP contribution in [0.3, 0.4) is 0 Å². The zero-order chi connectivity index (χ0) is 20.7. The Kier molecular flexibility index (Phi) is 12.1. The molecule has 0 aromatic heterocycles. The highest BCUT2D eigenvalue weighted by molar-refractivity contribution is 5.95. The van der Waals surface area contributed by atoms with Crippen LogP contribution in [0.4, 0.5) is 0 Å². The van der Waals surface area contributed by atoms with Crippen molar-refractivity contribution < 1.29 is 4.74 Å². The first-order valence-corrected chi connectivity index (χ1v) is 12.5. The van der Waals surface area contributed by atoms with Crippen molar-refractivity contribution in [3.63, 3.8) is 0 Å². The zero-order valence-corrected chi connectivity index (χ0v) is 19.4. The van der Waals surface area contributed by atoms with Crippen LogP contribution in [-0.2, 0) is 4.74 Å². The zero-order valence-electron chi connectivity index (χ0n) is 19.4. The number of hydrogen-bond acceptors (Lipinski definition) is 2. The maximum atomic E-state index is 5.89. The van der Waals surface area contributed by atoms with Crippen molar-refractivity contribution in [1.29, 1.82) is 0 Å². The second-order valence-electron chi connectivity index (χ2n) is 9.19. The number of benzene rings is 1. The van der Waals surface area contributed by atoms with Crippen LogP contribution >= 0.6 is 0 Å². The molecule has 3 atom stereocenters. The van der Waals surface area contributed by atoms with E-state index >= 15 is 0 Å². The van der Waals surface area contributed by atoms with E-state index in [0.29, 0.717) is 17.9 Å². The Labute approximate surface area is 180 Å². The maximum Gasteiger partial charge on any atom is 0.216 e. The molecule has 1 aliphatic rings. The molecule has 1 heterocycles. The van der Waals surface area contributed by atoms with Crippen molar-refractivity contribution >= 4 is 5.90 Å². The summed E-state index contributed by atoms with van der Waals surface area (Å²) >= 11 is 0. The molecular formula is C27H45NO. The minimum Gasteiger partial charge on any atom is -0.475 e. The molecule has 0 saturated heterocycles. The van der Waals surface area contributed by atoms with Gasteiger partial charge in [-0.1, -0.05) is 122 Å². The summed E-state index contributed by atoms with van der Waals surface area (Å²) in [6, 6.07) is 10.6. The number of unbranched alkanes of at least 4 members (excludes halogenated alkanes) is 11. The molecule has 2 nitrogen and oxygen atoms in total. The minimum absolute atomic E-state index is 0.317. The van der Waals surface area contributed by atoms with Crippen molar-refractivity contribution in [3.8, 4) is 0 Å². The molecule has 0 fully saturated rings. The molecule has 0 saturated carbocycles. The molecule has 0 N–H and O–H groups in total. The first-order chi connectivity index (χ1) is 14.2. The fourth-order valence-corrected chi connectivity index (χ4v) is 4.35. The van der Waals surface area contributed by atoms with Gasteiger partial charge in [-0.25, -0.2) is 4.99 Å². The molecule has 0 amide bonds. The van der Waals surface area contributed by atoms with Gasteiger partial charge in [0.15, 0.2) is 0 Å². The van der Waals surface area contributed by atoms with Crippen LogP contribution in [-0.4, -0.2) is 18.5 Å². The topological polar surface area (TPSA) is 21.6 Å². The third-order valence-electron chi connectivity index (χ3n) is 6.71. The fraction of sp³-hybridized carbons (Fsp3) is 0.741. The van der Waals surface area contributed by atoms with Crippen molar-refractivity contribution in [3.05, 3.63) is 35.9 Å². The van der Waals surface area contributed by atoms with Crippen LogP contribution in [0, 0.1) is 11.8 Å². The van der Waals surface area contributed by atoms with Gasteiger partial charge in [-0.15, -0.1) is 0 Å². The molecule has 0 radical (unpaired) electrons. The Balaban J connectivity index is 1.50. The van der Waals surface area contributed by atoms with Crippen molar-refractivity contribution in [1.82, 2.24) is 0 Å². The molecule has 2 heteroatoms. The lowest BCUT2D eigenvalue weighted by molar-refractivity contribution is 0.239. The van der Waals surface area contributed by atoms with Crippen LogP contribution in [0.5, 0.6) is 0 Å². The van der Waals surface area contributed by atoms with Crippen LogP contribution in [0.1, 0.15) is 110 Å². The summed E-state index contributed by atoms with van der Waals surface area (Å²) in [5.41, 5.74) is 1.11. The summed E-state index contributed by atoms with van der Waals surface area (Å²) in [5, 5.41) is 0. The number of aliphatic imine (C=N–C) groups is 1. The minimum atomic E-state index is 0.317. The van der Waals surface area contributed by atoms with E-state index < -0.39 is 0 Å². The third-order valence-corrected chi connectivity index (χ3v) is 6.71. The van der Waals surface area contributed by atoms with Gasteiger partial charge in [0.05, 0.1) is 6.04 Å². The third kappa shape index (κ3) is 9.36. The first-order valence-electron chi connectivity index (χ1n) is 12.5. The van der Waals surface area contributed by atoms with Crippen molar-refractivity contribution in [2.75, 3.05) is 6.61 Å². The Hall–Kier alpha value is -1.31. The van der Waals surface area contributed by atoms with E-state index in [1.807, 2.05) is 18.2 Å². The second kappa shape index (κ2) is 14.6. The summed E-state index contributed by atoms with van der Waals surface area (Å²) < 4.78 is 5.89. The number of ether oxygens (including phenoxy) is 1. The lowest BCUT2D eigenvalue weighted by atomic mass is 9.86. The lowest BCUT2D eigenvalue weighted by Gasteiger charge is -2.22. The van der Waals surface area contributed by atoms with Gasteiger partial charge in [-0.05, 0) is 24.0 Å². The summed E-state index contributed by atoms with van der Waals surface area (Å²) in [6.07, 6.45) is 18.4. The quantitative estimate of drug-likeness (QED) is 0.257. The SMILES string of the molecule is CCCCCCCCCCCCCCC(C)C(C)C1COC(c2ccccc2)=N1. The van der Waals surface area contributed by atoms with E-state index in [4.69, 9.17) is 9.73 Å². The smallest absolute Gasteiger partial charge is 0.216 e. The summed E-state index contributed by atoms with van der Waals surface area (Å²) in [5.74, 6) is 2.13. The van der Waals surface area contributed by atoms with Crippen molar-refractivity contribution in [2.45, 2.75) is 110 Å². The van der Waals surface area contributed by atoms with E-state index in [-0.39, 0.29) is 0 Å². The van der Waals surface area contributed by atoms with Crippen LogP contribution in [0.25, 0.3) is 0 Å². The molecule has 0 aliphatic carbocycles. The van der Waals surface area contributed by atoms with Crippen LogP contribution in [0.15, 0.2) is 35.3 Å². The Morgan fingerprint density at radius 3 is 1.97 bits per heavy atom. The predicted octanol–water partition coefficient (Wildman–Crippen LogP) is 8.20. The average molecular weight is 400 g/mol. The molecule has 1 aromatic carbocycles. The van der Waals surface area contributed by atoms with Crippen LogP contribution < -0.4 is 0 Å². The van der Waals surface area contributed by atoms with E-state index in [0.717, 1.165) is 18.1 Å². The Morgan fingerprint density at radius 1 is 0.828 bits per heavy atom. The molecule has 0 spiro atoms. The maximum absolute atomic E-state index is 5.89. The van der Waals surface area contributed by atoms with Gasteiger partial charge >= 0.3 is 0 Å². The van der Waals surface area contributed by atoms with Gasteiger partial charge < -0.3 is 4.74 Å². The fourth-order valence-electron chi connectivity index (χ4n) is 4.35. The molecular weight excluding hydrogens is 354 g/mol. The lowest BCUT2D eigenvalue weighted by Crippen LogP contribution is -2.23. The molecule has 2 rings (SSSR count). The normalized spacial score (nSPS) is 18.3. The Morgan fingerprint density at radius 2 is 1.38 bits per heavy atom. The number of rotatable bonds is 16. The summed E-state index contributed by atoms with van der Waals surface area (Å²) in [4.78, 5) is 4.88. The average Bonchev–Trinajstić information content (AvgIpc) is 3.24. The molecule has 1 aliphatic heterocycles. The largest absolute Gasteiger partial charge is 0.475 e. The van der Waals surface area contributed by atoms with Gasteiger partial charge in [0.1, 0.15) is 6.61 Å².